The van der Waals surface area contributed by atoms with E-state index in [1.165, 1.54) is 6.92 Å². The van der Waals surface area contributed by atoms with Gasteiger partial charge in [-0.15, -0.1) is 0 Å². The minimum absolute atomic E-state index is 0.00931. The molecule has 1 N–H and O–H groups in total. The van der Waals surface area contributed by atoms with Crippen molar-refractivity contribution in [2.75, 3.05) is 32.6 Å². The van der Waals surface area contributed by atoms with Gasteiger partial charge < -0.3 is 24.4 Å². The highest BCUT2D eigenvalue weighted by Crippen LogP contribution is 2.35. The van der Waals surface area contributed by atoms with Crippen LogP contribution in [-0.2, 0) is 4.79 Å². The predicted molar refractivity (Wildman–Crippen MR) is 135 cm³/mol. The summed E-state index contributed by atoms with van der Waals surface area (Å²) in [6.45, 7) is 2.71. The molecule has 1 heterocycles. The maximum Gasteiger partial charge on any atom is 0.253 e. The van der Waals surface area contributed by atoms with Gasteiger partial charge in [0.2, 0.25) is 5.91 Å². The molecule has 0 atom stereocenters. The van der Waals surface area contributed by atoms with E-state index in [4.69, 9.17) is 14.2 Å². The van der Waals surface area contributed by atoms with E-state index in [0.29, 0.717) is 24.3 Å². The maximum atomic E-state index is 12.9. The van der Waals surface area contributed by atoms with Gasteiger partial charge in [0.05, 0.1) is 14.2 Å². The van der Waals surface area contributed by atoms with Crippen LogP contribution in [-0.4, -0.2) is 50.1 Å². The summed E-state index contributed by atoms with van der Waals surface area (Å²) >= 11 is 0. The Hall–Kier alpha value is -4.00. The molecule has 0 radical (unpaired) electrons. The Morgan fingerprint density at radius 2 is 1.63 bits per heavy atom. The first-order valence-corrected chi connectivity index (χ1v) is 11.6. The maximum absolute atomic E-state index is 12.9. The smallest absolute Gasteiger partial charge is 0.253 e. The fraction of sp³-hybridized carbons (Fsp3) is 0.286. The average molecular weight is 475 g/mol. The predicted octanol–water partition coefficient (Wildman–Crippen LogP) is 5.01. The third kappa shape index (κ3) is 5.93. The molecule has 7 heteroatoms. The first-order valence-electron chi connectivity index (χ1n) is 11.6. The number of nitrogens with zero attached hydrogens (tertiary/aromatic N) is 1. The number of hydrogen-bond acceptors (Lipinski definition) is 5. The molecule has 2 amide bonds. The molecule has 35 heavy (non-hydrogen) atoms. The van der Waals surface area contributed by atoms with E-state index in [1.807, 2.05) is 47.4 Å². The van der Waals surface area contributed by atoms with Gasteiger partial charge in [0, 0.05) is 49.7 Å². The number of carbonyl (C=O) groups excluding carboxylic acids is 2. The molecule has 0 unspecified atom stereocenters. The van der Waals surface area contributed by atoms with Crippen LogP contribution in [0.3, 0.4) is 0 Å². The summed E-state index contributed by atoms with van der Waals surface area (Å²) in [6, 6.07) is 20.6. The molecule has 182 valence electrons. The number of anilines is 1. The van der Waals surface area contributed by atoms with Crippen LogP contribution < -0.4 is 19.5 Å². The molecule has 1 aliphatic rings. The normalized spacial score (nSPS) is 13.7. The van der Waals surface area contributed by atoms with Gasteiger partial charge >= 0.3 is 0 Å². The fourth-order valence-electron chi connectivity index (χ4n) is 4.23. The second kappa shape index (κ2) is 11.0. The minimum Gasteiger partial charge on any atom is -0.497 e. The Balaban J connectivity index is 1.37. The summed E-state index contributed by atoms with van der Waals surface area (Å²) in [5.41, 5.74) is 3.20. The Morgan fingerprint density at radius 3 is 2.29 bits per heavy atom. The van der Waals surface area contributed by atoms with Gasteiger partial charge in [-0.1, -0.05) is 12.1 Å². The van der Waals surface area contributed by atoms with Gasteiger partial charge in [-0.3, -0.25) is 9.59 Å². The van der Waals surface area contributed by atoms with E-state index < -0.39 is 0 Å². The molecule has 7 nitrogen and oxygen atoms in total. The minimum atomic E-state index is -0.140. The SMILES string of the molecule is COc1ccc(OC)c(-c2cccc(OC3CCN(C(=O)c4ccc(NC(C)=O)cc4)CC3)c2)c1. The number of methoxy groups -OCH3 is 2. The summed E-state index contributed by atoms with van der Waals surface area (Å²) in [7, 11) is 3.29. The molecular weight excluding hydrogens is 444 g/mol. The highest BCUT2D eigenvalue weighted by molar-refractivity contribution is 5.95. The van der Waals surface area contributed by atoms with Crippen LogP contribution in [0.15, 0.2) is 66.7 Å². The number of nitrogens with one attached hydrogen (secondary N) is 1. The van der Waals surface area contributed by atoms with Crippen LogP contribution in [0.4, 0.5) is 5.69 Å². The van der Waals surface area contributed by atoms with E-state index in [-0.39, 0.29) is 17.9 Å². The summed E-state index contributed by atoms with van der Waals surface area (Å²) in [5, 5.41) is 2.71. The number of piperidine rings is 1. The number of rotatable bonds is 7. The van der Waals surface area contributed by atoms with Crippen LogP contribution in [0.5, 0.6) is 17.2 Å². The second-order valence-corrected chi connectivity index (χ2v) is 8.46. The standard InChI is InChI=1S/C28H30N2O5/c1-19(31)29-22-9-7-20(8-10-22)28(32)30-15-13-23(14-16-30)35-25-6-4-5-21(17-25)26-18-24(33-2)11-12-27(26)34-3/h4-12,17-18,23H,13-16H2,1-3H3,(H,29,31). The monoisotopic (exact) mass is 474 g/mol. The molecule has 0 bridgehead atoms. The first-order chi connectivity index (χ1) is 17.0. The zero-order valence-electron chi connectivity index (χ0n) is 20.2. The molecule has 3 aromatic rings. The Kier molecular flexibility index (Phi) is 7.55. The third-order valence-electron chi connectivity index (χ3n) is 6.04. The van der Waals surface area contributed by atoms with Gasteiger partial charge in [0.15, 0.2) is 0 Å². The van der Waals surface area contributed by atoms with Crippen molar-refractivity contribution in [1.82, 2.24) is 4.90 Å². The van der Waals surface area contributed by atoms with Crippen molar-refractivity contribution >= 4 is 17.5 Å². The third-order valence-corrected chi connectivity index (χ3v) is 6.04. The summed E-state index contributed by atoms with van der Waals surface area (Å²) in [5.74, 6) is 2.16. The van der Waals surface area contributed by atoms with Crippen molar-refractivity contribution in [1.29, 1.82) is 0 Å². The lowest BCUT2D eigenvalue weighted by molar-refractivity contribution is -0.114. The zero-order chi connectivity index (χ0) is 24.8. The van der Waals surface area contributed by atoms with E-state index in [2.05, 4.69) is 5.32 Å². The Labute approximate surface area is 205 Å². The van der Waals surface area contributed by atoms with Gasteiger partial charge in [-0.05, 0) is 60.2 Å². The van der Waals surface area contributed by atoms with Crippen LogP contribution in [0.25, 0.3) is 11.1 Å². The number of likely N-dealkylation sites (tertiary alicyclic amines) is 1. The number of hydrogen-bond donors (Lipinski definition) is 1. The van der Waals surface area contributed by atoms with Crippen molar-refractivity contribution in [3.63, 3.8) is 0 Å². The highest BCUT2D eigenvalue weighted by Gasteiger charge is 2.25. The number of benzene rings is 3. The molecular formula is C28H30N2O5. The molecule has 1 aliphatic heterocycles. The number of carbonyl (C=O) groups is 2. The van der Waals surface area contributed by atoms with Gasteiger partial charge in [0.25, 0.3) is 5.91 Å². The summed E-state index contributed by atoms with van der Waals surface area (Å²) in [6.07, 6.45) is 1.54. The lowest BCUT2D eigenvalue weighted by Gasteiger charge is -2.32. The summed E-state index contributed by atoms with van der Waals surface area (Å²) in [4.78, 5) is 25.9. The zero-order valence-corrected chi connectivity index (χ0v) is 20.2. The lowest BCUT2D eigenvalue weighted by Crippen LogP contribution is -2.41. The molecule has 3 aromatic carbocycles. The van der Waals surface area contributed by atoms with Crippen molar-refractivity contribution in [3.8, 4) is 28.4 Å². The lowest BCUT2D eigenvalue weighted by atomic mass is 10.0. The van der Waals surface area contributed by atoms with E-state index in [1.54, 1.807) is 38.5 Å². The molecule has 4 rings (SSSR count). The first kappa shape index (κ1) is 24.1. The molecule has 0 saturated carbocycles. The van der Waals surface area contributed by atoms with Crippen LogP contribution in [0, 0.1) is 0 Å². The largest absolute Gasteiger partial charge is 0.497 e. The average Bonchev–Trinajstić information content (AvgIpc) is 2.88. The molecule has 0 spiro atoms. The fourth-order valence-corrected chi connectivity index (χ4v) is 4.23. The van der Waals surface area contributed by atoms with E-state index in [0.717, 1.165) is 41.2 Å². The number of amides is 2. The van der Waals surface area contributed by atoms with Crippen LogP contribution in [0.1, 0.15) is 30.1 Å². The highest BCUT2D eigenvalue weighted by atomic mass is 16.5. The van der Waals surface area contributed by atoms with Gasteiger partial charge in [0.1, 0.15) is 23.4 Å². The van der Waals surface area contributed by atoms with Gasteiger partial charge in [-0.25, -0.2) is 0 Å². The van der Waals surface area contributed by atoms with Crippen molar-refractivity contribution in [2.24, 2.45) is 0 Å². The Morgan fingerprint density at radius 1 is 0.886 bits per heavy atom. The van der Waals surface area contributed by atoms with Crippen LogP contribution in [0.2, 0.25) is 0 Å². The molecule has 0 aromatic heterocycles. The quantitative estimate of drug-likeness (QED) is 0.521. The van der Waals surface area contributed by atoms with Crippen molar-refractivity contribution < 1.29 is 23.8 Å². The molecule has 0 aliphatic carbocycles. The molecule has 1 saturated heterocycles. The van der Waals surface area contributed by atoms with Crippen LogP contribution >= 0.6 is 0 Å². The van der Waals surface area contributed by atoms with Crippen molar-refractivity contribution in [3.05, 3.63) is 72.3 Å². The Bertz CT molecular complexity index is 1180. The molecule has 1 fully saturated rings. The van der Waals surface area contributed by atoms with E-state index >= 15 is 0 Å². The van der Waals surface area contributed by atoms with E-state index in [9.17, 15) is 9.59 Å². The van der Waals surface area contributed by atoms with Crippen molar-refractivity contribution in [2.45, 2.75) is 25.9 Å². The van der Waals surface area contributed by atoms with Gasteiger partial charge in [-0.2, -0.15) is 0 Å². The second-order valence-electron chi connectivity index (χ2n) is 8.46. The summed E-state index contributed by atoms with van der Waals surface area (Å²) < 4.78 is 17.2. The number of ether oxygens (including phenoxy) is 3. The topological polar surface area (TPSA) is 77.1 Å².